The number of nitrogens with zero attached hydrogens (tertiary/aromatic N) is 1. The van der Waals surface area contributed by atoms with Crippen molar-refractivity contribution in [3.05, 3.63) is 53.2 Å². The number of hydrogen-bond donors (Lipinski definition) is 2. The Morgan fingerprint density at radius 2 is 2.11 bits per heavy atom. The number of amides is 1. The van der Waals surface area contributed by atoms with Crippen LogP contribution in [0.3, 0.4) is 0 Å². The zero-order valence-electron chi connectivity index (χ0n) is 10.4. The van der Waals surface area contributed by atoms with Crippen LogP contribution >= 0.6 is 0 Å². The van der Waals surface area contributed by atoms with Gasteiger partial charge in [0, 0.05) is 17.8 Å². The van der Waals surface area contributed by atoms with E-state index in [1.165, 1.54) is 6.08 Å². The van der Waals surface area contributed by atoms with Crippen molar-refractivity contribution in [1.82, 2.24) is 10.2 Å². The van der Waals surface area contributed by atoms with Crippen LogP contribution in [0.4, 0.5) is 5.82 Å². The molecule has 2 rings (SSSR count). The summed E-state index contributed by atoms with van der Waals surface area (Å²) in [6.45, 7) is 3.89. The average molecular weight is 241 g/mol. The number of carbonyl (C=O) groups excluding carboxylic acids is 1. The lowest BCUT2D eigenvalue weighted by atomic mass is 10.1. The molecule has 0 aliphatic carbocycles. The number of aromatic nitrogens is 2. The summed E-state index contributed by atoms with van der Waals surface area (Å²) >= 11 is 0. The maximum atomic E-state index is 11.7. The zero-order valence-corrected chi connectivity index (χ0v) is 10.4. The minimum absolute atomic E-state index is 0.190. The van der Waals surface area contributed by atoms with E-state index in [2.05, 4.69) is 15.5 Å². The summed E-state index contributed by atoms with van der Waals surface area (Å²) in [5.41, 5.74) is 3.08. The van der Waals surface area contributed by atoms with Gasteiger partial charge in [0.15, 0.2) is 5.82 Å². The first-order valence-electron chi connectivity index (χ1n) is 5.72. The molecule has 0 aliphatic rings. The van der Waals surface area contributed by atoms with E-state index in [9.17, 15) is 4.79 Å². The second kappa shape index (κ2) is 5.31. The van der Waals surface area contributed by atoms with Crippen LogP contribution in [0.25, 0.3) is 6.08 Å². The molecule has 0 radical (unpaired) electrons. The minimum atomic E-state index is -0.190. The highest BCUT2D eigenvalue weighted by molar-refractivity contribution is 6.01. The number of aromatic amines is 1. The molecule has 0 saturated carbocycles. The Bertz CT molecular complexity index is 584. The van der Waals surface area contributed by atoms with Gasteiger partial charge in [-0.3, -0.25) is 9.89 Å². The molecule has 4 nitrogen and oxygen atoms in total. The highest BCUT2D eigenvalue weighted by atomic mass is 16.1. The molecule has 0 atom stereocenters. The van der Waals surface area contributed by atoms with Gasteiger partial charge in [0.2, 0.25) is 5.91 Å². The third kappa shape index (κ3) is 3.07. The first kappa shape index (κ1) is 12.1. The standard InChI is InChI=1S/C14H15N3O/c1-10-5-3-4-6-12(10)7-8-14(18)15-13-9-11(2)16-17-13/h3-9H,1-2H3,(H2,15,16,17,18). The third-order valence-electron chi connectivity index (χ3n) is 2.56. The van der Waals surface area contributed by atoms with Crippen LogP contribution in [0, 0.1) is 13.8 Å². The van der Waals surface area contributed by atoms with Crippen molar-refractivity contribution in [1.29, 1.82) is 0 Å². The summed E-state index contributed by atoms with van der Waals surface area (Å²) in [4.78, 5) is 11.7. The number of benzene rings is 1. The van der Waals surface area contributed by atoms with E-state index in [4.69, 9.17) is 0 Å². The number of aryl methyl sites for hydroxylation is 2. The molecule has 1 aromatic heterocycles. The van der Waals surface area contributed by atoms with Crippen LogP contribution < -0.4 is 5.32 Å². The van der Waals surface area contributed by atoms with Crippen LogP contribution in [0.2, 0.25) is 0 Å². The number of carbonyl (C=O) groups is 1. The van der Waals surface area contributed by atoms with Crippen LogP contribution in [0.1, 0.15) is 16.8 Å². The van der Waals surface area contributed by atoms with Gasteiger partial charge in [-0.15, -0.1) is 0 Å². The molecule has 4 heteroatoms. The summed E-state index contributed by atoms with van der Waals surface area (Å²) in [5.74, 6) is 0.344. The summed E-state index contributed by atoms with van der Waals surface area (Å²) in [7, 11) is 0. The van der Waals surface area contributed by atoms with E-state index in [-0.39, 0.29) is 5.91 Å². The van der Waals surface area contributed by atoms with Crippen molar-refractivity contribution in [3.8, 4) is 0 Å². The van der Waals surface area contributed by atoms with Crippen molar-refractivity contribution < 1.29 is 4.79 Å². The van der Waals surface area contributed by atoms with Gasteiger partial charge in [-0.25, -0.2) is 0 Å². The zero-order chi connectivity index (χ0) is 13.0. The van der Waals surface area contributed by atoms with E-state index >= 15 is 0 Å². The maximum Gasteiger partial charge on any atom is 0.249 e. The smallest absolute Gasteiger partial charge is 0.249 e. The lowest BCUT2D eigenvalue weighted by molar-refractivity contribution is -0.111. The van der Waals surface area contributed by atoms with Crippen molar-refractivity contribution in [3.63, 3.8) is 0 Å². The van der Waals surface area contributed by atoms with Crippen molar-refractivity contribution >= 4 is 17.8 Å². The molecule has 0 unspecified atom stereocenters. The van der Waals surface area contributed by atoms with Gasteiger partial charge in [-0.1, -0.05) is 24.3 Å². The van der Waals surface area contributed by atoms with Gasteiger partial charge in [-0.05, 0) is 31.1 Å². The Morgan fingerprint density at radius 3 is 2.78 bits per heavy atom. The van der Waals surface area contributed by atoms with Crippen LogP contribution in [-0.2, 0) is 4.79 Å². The maximum absolute atomic E-state index is 11.7. The molecule has 1 amide bonds. The molecular formula is C14H15N3O. The van der Waals surface area contributed by atoms with Gasteiger partial charge in [0.25, 0.3) is 0 Å². The Labute approximate surface area is 106 Å². The number of nitrogens with one attached hydrogen (secondary N) is 2. The lowest BCUT2D eigenvalue weighted by Gasteiger charge is -1.99. The molecule has 92 valence electrons. The monoisotopic (exact) mass is 241 g/mol. The van der Waals surface area contributed by atoms with Crippen molar-refractivity contribution in [2.75, 3.05) is 5.32 Å². The predicted molar refractivity (Wildman–Crippen MR) is 72.2 cm³/mol. The molecule has 1 heterocycles. The van der Waals surface area contributed by atoms with Gasteiger partial charge >= 0.3 is 0 Å². The molecule has 0 aliphatic heterocycles. The quantitative estimate of drug-likeness (QED) is 0.812. The van der Waals surface area contributed by atoms with E-state index in [1.54, 1.807) is 12.1 Å². The predicted octanol–water partition coefficient (Wildman–Crippen LogP) is 2.68. The summed E-state index contributed by atoms with van der Waals surface area (Å²) in [5, 5.41) is 9.39. The van der Waals surface area contributed by atoms with Gasteiger partial charge < -0.3 is 5.32 Å². The van der Waals surface area contributed by atoms with E-state index in [0.717, 1.165) is 16.8 Å². The Hall–Kier alpha value is -2.36. The fourth-order valence-electron chi connectivity index (χ4n) is 1.59. The molecule has 2 aromatic rings. The number of hydrogen-bond acceptors (Lipinski definition) is 2. The van der Waals surface area contributed by atoms with Gasteiger partial charge in [0.1, 0.15) is 0 Å². The Balaban J connectivity index is 2.01. The topological polar surface area (TPSA) is 57.8 Å². The molecule has 2 N–H and O–H groups in total. The van der Waals surface area contributed by atoms with E-state index < -0.39 is 0 Å². The second-order valence-electron chi connectivity index (χ2n) is 4.12. The molecule has 1 aromatic carbocycles. The largest absolute Gasteiger partial charge is 0.306 e. The highest BCUT2D eigenvalue weighted by Gasteiger charge is 2.01. The van der Waals surface area contributed by atoms with Crippen LogP contribution in [0.5, 0.6) is 0 Å². The molecule has 0 spiro atoms. The molecule has 18 heavy (non-hydrogen) atoms. The Morgan fingerprint density at radius 1 is 1.33 bits per heavy atom. The van der Waals surface area contributed by atoms with E-state index in [1.807, 2.05) is 38.1 Å². The van der Waals surface area contributed by atoms with Crippen LogP contribution in [-0.4, -0.2) is 16.1 Å². The summed E-state index contributed by atoms with van der Waals surface area (Å²) < 4.78 is 0. The minimum Gasteiger partial charge on any atom is -0.306 e. The number of H-pyrrole nitrogens is 1. The molecule has 0 bridgehead atoms. The number of rotatable bonds is 3. The first-order chi connectivity index (χ1) is 8.65. The fourth-order valence-corrected chi connectivity index (χ4v) is 1.59. The molecular weight excluding hydrogens is 226 g/mol. The SMILES string of the molecule is Cc1cc(NC(=O)C=Cc2ccccc2C)n[nH]1. The van der Waals surface area contributed by atoms with Crippen molar-refractivity contribution in [2.24, 2.45) is 0 Å². The summed E-state index contributed by atoms with van der Waals surface area (Å²) in [6, 6.07) is 9.67. The first-order valence-corrected chi connectivity index (χ1v) is 5.72. The highest BCUT2D eigenvalue weighted by Crippen LogP contribution is 2.09. The number of anilines is 1. The fraction of sp³-hybridized carbons (Fsp3) is 0.143. The molecule has 0 saturated heterocycles. The Kier molecular flexibility index (Phi) is 3.57. The lowest BCUT2D eigenvalue weighted by Crippen LogP contribution is -2.07. The van der Waals surface area contributed by atoms with Crippen LogP contribution in [0.15, 0.2) is 36.4 Å². The van der Waals surface area contributed by atoms with Crippen molar-refractivity contribution in [2.45, 2.75) is 13.8 Å². The normalized spacial score (nSPS) is 10.8. The average Bonchev–Trinajstić information content (AvgIpc) is 2.74. The summed E-state index contributed by atoms with van der Waals surface area (Å²) in [6.07, 6.45) is 3.30. The molecule has 0 fully saturated rings. The van der Waals surface area contributed by atoms with Gasteiger partial charge in [-0.2, -0.15) is 5.10 Å². The third-order valence-corrected chi connectivity index (χ3v) is 2.56. The van der Waals surface area contributed by atoms with E-state index in [0.29, 0.717) is 5.82 Å². The van der Waals surface area contributed by atoms with Gasteiger partial charge in [0.05, 0.1) is 0 Å². The second-order valence-corrected chi connectivity index (χ2v) is 4.12.